The molecular weight excluding hydrogens is 196 g/mol. The number of rotatable bonds is 5. The van der Waals surface area contributed by atoms with E-state index >= 15 is 0 Å². The third-order valence-electron chi connectivity index (χ3n) is 4.40. The van der Waals surface area contributed by atoms with Crippen molar-refractivity contribution in [2.24, 2.45) is 0 Å². The Labute approximate surface area is 102 Å². The van der Waals surface area contributed by atoms with Gasteiger partial charge in [-0.3, -0.25) is 4.90 Å². The van der Waals surface area contributed by atoms with E-state index in [1.54, 1.807) is 0 Å². The van der Waals surface area contributed by atoms with Crippen LogP contribution in [0.3, 0.4) is 0 Å². The van der Waals surface area contributed by atoms with E-state index in [0.29, 0.717) is 17.6 Å². The Morgan fingerprint density at radius 1 is 1.38 bits per heavy atom. The molecule has 1 aliphatic rings. The zero-order valence-electron chi connectivity index (χ0n) is 11.8. The van der Waals surface area contributed by atoms with Gasteiger partial charge in [-0.25, -0.2) is 0 Å². The second-order valence-corrected chi connectivity index (χ2v) is 5.63. The van der Waals surface area contributed by atoms with Gasteiger partial charge < -0.3 is 5.32 Å². The van der Waals surface area contributed by atoms with Crippen molar-refractivity contribution < 1.29 is 0 Å². The smallest absolute Gasteiger partial charge is 0.0306 e. The molecule has 16 heavy (non-hydrogen) atoms. The molecule has 0 aliphatic carbocycles. The average Bonchev–Trinajstić information content (AvgIpc) is 2.31. The average molecular weight is 226 g/mol. The second kappa shape index (κ2) is 6.02. The molecule has 0 radical (unpaired) electrons. The zero-order valence-corrected chi connectivity index (χ0v) is 11.8. The van der Waals surface area contributed by atoms with Gasteiger partial charge in [-0.1, -0.05) is 27.2 Å². The summed E-state index contributed by atoms with van der Waals surface area (Å²) in [5.74, 6) is 0. The SMILES string of the molecule is CCCC1CN(C(C)CC)C(C)(CC)CN1. The molecule has 1 N–H and O–H groups in total. The maximum absolute atomic E-state index is 3.73. The third-order valence-corrected chi connectivity index (χ3v) is 4.40. The Balaban J connectivity index is 2.69. The predicted molar refractivity (Wildman–Crippen MR) is 71.9 cm³/mol. The van der Waals surface area contributed by atoms with E-state index in [9.17, 15) is 0 Å². The fourth-order valence-corrected chi connectivity index (χ4v) is 2.79. The molecule has 3 atom stereocenters. The van der Waals surface area contributed by atoms with Gasteiger partial charge in [0.15, 0.2) is 0 Å². The van der Waals surface area contributed by atoms with E-state index < -0.39 is 0 Å². The highest BCUT2D eigenvalue weighted by Gasteiger charge is 2.37. The first-order valence-electron chi connectivity index (χ1n) is 7.07. The number of nitrogens with one attached hydrogen (secondary N) is 1. The number of nitrogens with zero attached hydrogens (tertiary/aromatic N) is 1. The predicted octanol–water partition coefficient (Wildman–Crippen LogP) is 3.03. The van der Waals surface area contributed by atoms with Gasteiger partial charge in [-0.05, 0) is 33.1 Å². The van der Waals surface area contributed by atoms with Crippen molar-refractivity contribution >= 4 is 0 Å². The van der Waals surface area contributed by atoms with E-state index in [1.807, 2.05) is 0 Å². The summed E-state index contributed by atoms with van der Waals surface area (Å²) in [5.41, 5.74) is 0.361. The maximum atomic E-state index is 3.73. The largest absolute Gasteiger partial charge is 0.311 e. The standard InChI is InChI=1S/C14H30N2/c1-6-9-13-10-16(12(4)7-2)14(5,8-3)11-15-13/h12-13,15H,6-11H2,1-5H3. The van der Waals surface area contributed by atoms with Crippen molar-refractivity contribution in [3.63, 3.8) is 0 Å². The fraction of sp³-hybridized carbons (Fsp3) is 1.00. The molecule has 0 spiro atoms. The van der Waals surface area contributed by atoms with Gasteiger partial charge in [0, 0.05) is 30.7 Å². The van der Waals surface area contributed by atoms with Gasteiger partial charge in [0.05, 0.1) is 0 Å². The van der Waals surface area contributed by atoms with Crippen LogP contribution in [-0.4, -0.2) is 35.6 Å². The Hall–Kier alpha value is -0.0800. The van der Waals surface area contributed by atoms with E-state index in [4.69, 9.17) is 0 Å². The Morgan fingerprint density at radius 2 is 2.06 bits per heavy atom. The summed E-state index contributed by atoms with van der Waals surface area (Å²) in [4.78, 5) is 2.74. The van der Waals surface area contributed by atoms with Crippen LogP contribution in [0.25, 0.3) is 0 Å². The van der Waals surface area contributed by atoms with Gasteiger partial charge >= 0.3 is 0 Å². The third kappa shape index (κ3) is 2.98. The summed E-state index contributed by atoms with van der Waals surface area (Å²) in [6, 6.07) is 1.42. The lowest BCUT2D eigenvalue weighted by Crippen LogP contribution is -2.65. The molecule has 0 aromatic heterocycles. The first-order chi connectivity index (χ1) is 7.57. The molecule has 2 nitrogen and oxygen atoms in total. The molecule has 0 aromatic rings. The van der Waals surface area contributed by atoms with Crippen LogP contribution < -0.4 is 5.32 Å². The quantitative estimate of drug-likeness (QED) is 0.775. The molecular formula is C14H30N2. The van der Waals surface area contributed by atoms with Gasteiger partial charge in [-0.2, -0.15) is 0 Å². The zero-order chi connectivity index (χ0) is 12.2. The van der Waals surface area contributed by atoms with Crippen LogP contribution in [0, 0.1) is 0 Å². The highest BCUT2D eigenvalue weighted by atomic mass is 15.3. The minimum absolute atomic E-state index is 0.361. The van der Waals surface area contributed by atoms with E-state index in [0.717, 1.165) is 6.54 Å². The van der Waals surface area contributed by atoms with Crippen molar-refractivity contribution in [1.82, 2.24) is 10.2 Å². The van der Waals surface area contributed by atoms with Crippen LogP contribution in [0.5, 0.6) is 0 Å². The van der Waals surface area contributed by atoms with Crippen LogP contribution in [0.2, 0.25) is 0 Å². The van der Waals surface area contributed by atoms with Crippen molar-refractivity contribution in [3.8, 4) is 0 Å². The lowest BCUT2D eigenvalue weighted by atomic mass is 9.89. The summed E-state index contributed by atoms with van der Waals surface area (Å²) in [6.45, 7) is 14.1. The van der Waals surface area contributed by atoms with Gasteiger partial charge in [0.25, 0.3) is 0 Å². The molecule has 2 heteroatoms. The monoisotopic (exact) mass is 226 g/mol. The Bertz CT molecular complexity index is 205. The van der Waals surface area contributed by atoms with Crippen molar-refractivity contribution in [2.75, 3.05) is 13.1 Å². The van der Waals surface area contributed by atoms with Gasteiger partial charge in [0.2, 0.25) is 0 Å². The Kier molecular flexibility index (Phi) is 5.26. The molecule has 1 saturated heterocycles. The first-order valence-corrected chi connectivity index (χ1v) is 7.07. The fourth-order valence-electron chi connectivity index (χ4n) is 2.79. The lowest BCUT2D eigenvalue weighted by molar-refractivity contribution is 0.0133. The first kappa shape index (κ1) is 14.0. The summed E-state index contributed by atoms with van der Waals surface area (Å²) in [7, 11) is 0. The number of hydrogen-bond donors (Lipinski definition) is 1. The minimum Gasteiger partial charge on any atom is -0.311 e. The minimum atomic E-state index is 0.361. The van der Waals surface area contributed by atoms with E-state index in [2.05, 4.69) is 44.8 Å². The molecule has 1 fully saturated rings. The molecule has 0 aromatic carbocycles. The van der Waals surface area contributed by atoms with Crippen molar-refractivity contribution in [2.45, 2.75) is 77.9 Å². The lowest BCUT2D eigenvalue weighted by Gasteiger charge is -2.50. The molecule has 1 rings (SSSR count). The van der Waals surface area contributed by atoms with Crippen molar-refractivity contribution in [3.05, 3.63) is 0 Å². The van der Waals surface area contributed by atoms with Gasteiger partial charge in [0.1, 0.15) is 0 Å². The summed E-state index contributed by atoms with van der Waals surface area (Å²) >= 11 is 0. The van der Waals surface area contributed by atoms with Crippen LogP contribution in [0.1, 0.15) is 60.3 Å². The summed E-state index contributed by atoms with van der Waals surface area (Å²) < 4.78 is 0. The molecule has 0 saturated carbocycles. The summed E-state index contributed by atoms with van der Waals surface area (Å²) in [5, 5.41) is 3.73. The van der Waals surface area contributed by atoms with E-state index in [1.165, 1.54) is 32.2 Å². The van der Waals surface area contributed by atoms with Crippen LogP contribution in [0.15, 0.2) is 0 Å². The van der Waals surface area contributed by atoms with Crippen molar-refractivity contribution in [1.29, 1.82) is 0 Å². The van der Waals surface area contributed by atoms with Crippen LogP contribution in [0.4, 0.5) is 0 Å². The Morgan fingerprint density at radius 3 is 2.56 bits per heavy atom. The summed E-state index contributed by atoms with van der Waals surface area (Å²) in [6.07, 6.45) is 5.10. The highest BCUT2D eigenvalue weighted by Crippen LogP contribution is 2.27. The topological polar surface area (TPSA) is 15.3 Å². The second-order valence-electron chi connectivity index (χ2n) is 5.63. The van der Waals surface area contributed by atoms with Gasteiger partial charge in [-0.15, -0.1) is 0 Å². The van der Waals surface area contributed by atoms with E-state index in [-0.39, 0.29) is 0 Å². The highest BCUT2D eigenvalue weighted by molar-refractivity contribution is 4.96. The molecule has 1 aliphatic heterocycles. The molecule has 1 heterocycles. The molecule has 3 unspecified atom stereocenters. The number of hydrogen-bond acceptors (Lipinski definition) is 2. The normalized spacial score (nSPS) is 33.9. The number of piperazine rings is 1. The van der Waals surface area contributed by atoms with Crippen LogP contribution >= 0.6 is 0 Å². The molecule has 0 amide bonds. The molecule has 0 bridgehead atoms. The molecule has 96 valence electrons. The maximum Gasteiger partial charge on any atom is 0.0306 e. The van der Waals surface area contributed by atoms with Crippen LogP contribution in [-0.2, 0) is 0 Å².